The van der Waals surface area contributed by atoms with Crippen LogP contribution in [0, 0.1) is 18.8 Å². The molecule has 0 aliphatic carbocycles. The van der Waals surface area contributed by atoms with Crippen LogP contribution in [0.5, 0.6) is 0 Å². The van der Waals surface area contributed by atoms with Gasteiger partial charge in [0.05, 0.1) is 11.5 Å². The van der Waals surface area contributed by atoms with Gasteiger partial charge in [-0.15, -0.1) is 0 Å². The first-order chi connectivity index (χ1) is 7.84. The molecule has 96 valence electrons. The van der Waals surface area contributed by atoms with Gasteiger partial charge < -0.3 is 0 Å². The highest BCUT2D eigenvalue weighted by atomic mass is 32.2. The second-order valence-corrected chi connectivity index (χ2v) is 6.31. The lowest BCUT2D eigenvalue weighted by Gasteiger charge is -2.15. The first-order valence-corrected chi connectivity index (χ1v) is 7.20. The summed E-state index contributed by atoms with van der Waals surface area (Å²) in [5, 5.41) is 0. The SMILES string of the molecule is Cc1ccccc1S(=O)(=O)OCC(C)C(C)C. The van der Waals surface area contributed by atoms with E-state index in [0.29, 0.717) is 11.5 Å². The van der Waals surface area contributed by atoms with E-state index in [0.717, 1.165) is 0 Å². The third-order valence-electron chi connectivity index (χ3n) is 2.99. The van der Waals surface area contributed by atoms with Crippen molar-refractivity contribution in [1.82, 2.24) is 0 Å². The molecule has 0 fully saturated rings. The molecule has 0 aliphatic rings. The van der Waals surface area contributed by atoms with Gasteiger partial charge in [0.15, 0.2) is 0 Å². The van der Waals surface area contributed by atoms with Crippen LogP contribution in [-0.2, 0) is 14.3 Å². The molecule has 0 aliphatic heterocycles. The summed E-state index contributed by atoms with van der Waals surface area (Å²) >= 11 is 0. The van der Waals surface area contributed by atoms with Crippen molar-refractivity contribution in [1.29, 1.82) is 0 Å². The topological polar surface area (TPSA) is 43.4 Å². The number of rotatable bonds is 5. The van der Waals surface area contributed by atoms with Crippen LogP contribution in [0.25, 0.3) is 0 Å². The lowest BCUT2D eigenvalue weighted by molar-refractivity contribution is 0.228. The molecule has 4 heteroatoms. The molecule has 0 radical (unpaired) electrons. The minimum absolute atomic E-state index is 0.216. The van der Waals surface area contributed by atoms with Gasteiger partial charge in [-0.05, 0) is 30.4 Å². The van der Waals surface area contributed by atoms with E-state index in [-0.39, 0.29) is 17.4 Å². The second kappa shape index (κ2) is 5.65. The Morgan fingerprint density at radius 2 is 1.76 bits per heavy atom. The molecule has 1 atom stereocenters. The molecule has 1 aromatic rings. The van der Waals surface area contributed by atoms with Crippen LogP contribution in [0.3, 0.4) is 0 Å². The molecular formula is C13H20O3S. The normalized spacial score (nSPS) is 13.9. The van der Waals surface area contributed by atoms with Crippen LogP contribution < -0.4 is 0 Å². The van der Waals surface area contributed by atoms with Crippen molar-refractivity contribution in [2.24, 2.45) is 11.8 Å². The minimum Gasteiger partial charge on any atom is -0.266 e. The van der Waals surface area contributed by atoms with Gasteiger partial charge in [-0.1, -0.05) is 39.0 Å². The maximum absolute atomic E-state index is 12.0. The van der Waals surface area contributed by atoms with Crippen LogP contribution in [0.2, 0.25) is 0 Å². The van der Waals surface area contributed by atoms with Gasteiger partial charge in [0.2, 0.25) is 0 Å². The Balaban J connectivity index is 2.80. The average molecular weight is 256 g/mol. The third-order valence-corrected chi connectivity index (χ3v) is 4.43. The Bertz CT molecular complexity index is 463. The molecule has 3 nitrogen and oxygen atoms in total. The van der Waals surface area contributed by atoms with E-state index in [1.165, 1.54) is 0 Å². The molecule has 0 saturated heterocycles. The molecule has 0 bridgehead atoms. The molecule has 1 rings (SSSR count). The maximum Gasteiger partial charge on any atom is 0.297 e. The van der Waals surface area contributed by atoms with Crippen molar-refractivity contribution in [3.63, 3.8) is 0 Å². The van der Waals surface area contributed by atoms with Crippen molar-refractivity contribution in [3.8, 4) is 0 Å². The Morgan fingerprint density at radius 1 is 1.18 bits per heavy atom. The highest BCUT2D eigenvalue weighted by Gasteiger charge is 2.19. The van der Waals surface area contributed by atoms with E-state index in [1.54, 1.807) is 25.1 Å². The summed E-state index contributed by atoms with van der Waals surface area (Å²) in [4.78, 5) is 0.260. The molecular weight excluding hydrogens is 236 g/mol. The standard InChI is InChI=1S/C13H20O3S/c1-10(2)12(4)9-16-17(14,15)13-8-6-5-7-11(13)3/h5-8,10,12H,9H2,1-4H3. The fourth-order valence-corrected chi connectivity index (χ4v) is 2.52. The lowest BCUT2D eigenvalue weighted by Crippen LogP contribution is -2.17. The fourth-order valence-electron chi connectivity index (χ4n) is 1.29. The summed E-state index contributed by atoms with van der Waals surface area (Å²) < 4.78 is 29.0. The van der Waals surface area contributed by atoms with Gasteiger partial charge >= 0.3 is 0 Å². The van der Waals surface area contributed by atoms with Crippen molar-refractivity contribution in [2.75, 3.05) is 6.61 Å². The predicted octanol–water partition coefficient (Wildman–Crippen LogP) is 2.99. The molecule has 1 unspecified atom stereocenters. The van der Waals surface area contributed by atoms with E-state index in [4.69, 9.17) is 4.18 Å². The van der Waals surface area contributed by atoms with Gasteiger partial charge in [-0.25, -0.2) is 0 Å². The highest BCUT2D eigenvalue weighted by Crippen LogP contribution is 2.19. The molecule has 0 N–H and O–H groups in total. The van der Waals surface area contributed by atoms with Crippen LogP contribution in [0.4, 0.5) is 0 Å². The van der Waals surface area contributed by atoms with E-state index < -0.39 is 10.1 Å². The van der Waals surface area contributed by atoms with E-state index in [2.05, 4.69) is 13.8 Å². The Hall–Kier alpha value is -0.870. The van der Waals surface area contributed by atoms with Crippen molar-refractivity contribution >= 4 is 10.1 Å². The van der Waals surface area contributed by atoms with Crippen LogP contribution in [0.15, 0.2) is 29.2 Å². The van der Waals surface area contributed by atoms with Crippen molar-refractivity contribution < 1.29 is 12.6 Å². The zero-order valence-electron chi connectivity index (χ0n) is 10.8. The van der Waals surface area contributed by atoms with E-state index in [9.17, 15) is 8.42 Å². The van der Waals surface area contributed by atoms with Gasteiger partial charge in [0.25, 0.3) is 10.1 Å². The zero-order valence-corrected chi connectivity index (χ0v) is 11.6. The van der Waals surface area contributed by atoms with Gasteiger partial charge in [-0.3, -0.25) is 4.18 Å². The molecule has 1 aromatic carbocycles. The molecule has 0 saturated carbocycles. The van der Waals surface area contributed by atoms with Crippen LogP contribution >= 0.6 is 0 Å². The maximum atomic E-state index is 12.0. The van der Waals surface area contributed by atoms with Gasteiger partial charge in [0.1, 0.15) is 0 Å². The summed E-state index contributed by atoms with van der Waals surface area (Å²) in [6.45, 7) is 8.08. The van der Waals surface area contributed by atoms with E-state index >= 15 is 0 Å². The third kappa shape index (κ3) is 3.82. The summed E-state index contributed by atoms with van der Waals surface area (Å²) in [6.07, 6.45) is 0. The number of benzene rings is 1. The van der Waals surface area contributed by atoms with Crippen LogP contribution in [0.1, 0.15) is 26.3 Å². The van der Waals surface area contributed by atoms with Crippen molar-refractivity contribution in [2.45, 2.75) is 32.6 Å². The first kappa shape index (κ1) is 14.2. The predicted molar refractivity (Wildman–Crippen MR) is 68.3 cm³/mol. The second-order valence-electron chi connectivity index (χ2n) is 4.73. The summed E-state index contributed by atoms with van der Waals surface area (Å²) in [5.41, 5.74) is 0.713. The van der Waals surface area contributed by atoms with Crippen LogP contribution in [-0.4, -0.2) is 15.0 Å². The summed E-state index contributed by atoms with van der Waals surface area (Å²) in [6, 6.07) is 6.85. The Morgan fingerprint density at radius 3 is 2.29 bits per heavy atom. The Labute approximate surface area is 104 Å². The molecule has 0 amide bonds. The average Bonchev–Trinajstić information content (AvgIpc) is 2.26. The summed E-state index contributed by atoms with van der Waals surface area (Å²) in [5.74, 6) is 0.621. The van der Waals surface area contributed by atoms with Gasteiger partial charge in [0, 0.05) is 0 Å². The monoisotopic (exact) mass is 256 g/mol. The molecule has 0 spiro atoms. The number of hydrogen-bond acceptors (Lipinski definition) is 3. The zero-order chi connectivity index (χ0) is 13.1. The quantitative estimate of drug-likeness (QED) is 0.761. The van der Waals surface area contributed by atoms with E-state index in [1.807, 2.05) is 13.0 Å². The number of aryl methyl sites for hydroxylation is 1. The minimum atomic E-state index is -3.62. The molecule has 0 aromatic heterocycles. The van der Waals surface area contributed by atoms with Gasteiger partial charge in [-0.2, -0.15) is 8.42 Å². The lowest BCUT2D eigenvalue weighted by atomic mass is 10.00. The Kier molecular flexibility index (Phi) is 4.71. The smallest absolute Gasteiger partial charge is 0.266 e. The molecule has 17 heavy (non-hydrogen) atoms. The fraction of sp³-hybridized carbons (Fsp3) is 0.538. The first-order valence-electron chi connectivity index (χ1n) is 5.79. The summed E-state index contributed by atoms with van der Waals surface area (Å²) in [7, 11) is -3.62. The highest BCUT2D eigenvalue weighted by molar-refractivity contribution is 7.86. The largest absolute Gasteiger partial charge is 0.297 e. The molecule has 0 heterocycles. The van der Waals surface area contributed by atoms with Crippen molar-refractivity contribution in [3.05, 3.63) is 29.8 Å². The number of hydrogen-bond donors (Lipinski definition) is 0.